The molecule has 11 heteroatoms. The van der Waals surface area contributed by atoms with Crippen molar-refractivity contribution in [1.29, 1.82) is 0 Å². The smallest absolute Gasteiger partial charge is 0.264 e. The molecule has 0 unspecified atom stereocenters. The van der Waals surface area contributed by atoms with Gasteiger partial charge in [-0.2, -0.15) is 0 Å². The molecule has 2 aromatic heterocycles. The minimum absolute atomic E-state index is 0.143. The Morgan fingerprint density at radius 2 is 1.61 bits per heavy atom. The lowest BCUT2D eigenvalue weighted by Crippen LogP contribution is -2.28. The Balaban J connectivity index is 1.68. The summed E-state index contributed by atoms with van der Waals surface area (Å²) in [5.41, 5.74) is 10.1. The molecule has 1 amide bonds. The average molecular weight is 588 g/mol. The van der Waals surface area contributed by atoms with Gasteiger partial charge in [0.15, 0.2) is 11.5 Å². The quantitative estimate of drug-likeness (QED) is 0.234. The SMILES string of the molecule is COc1cccc(-c2cc(-c3ccccc3)nc3sc(C(=O)c4ccc(S(=O)(=O)NC(C)=O)cc4)c(N)c23)c1OC. The van der Waals surface area contributed by atoms with Crippen LogP contribution in [0.15, 0.2) is 83.8 Å². The van der Waals surface area contributed by atoms with E-state index in [-0.39, 0.29) is 21.0 Å². The summed E-state index contributed by atoms with van der Waals surface area (Å²) in [5, 5.41) is 0.592. The first-order valence-electron chi connectivity index (χ1n) is 12.3. The largest absolute Gasteiger partial charge is 0.493 e. The van der Waals surface area contributed by atoms with Gasteiger partial charge in [-0.25, -0.2) is 18.1 Å². The lowest BCUT2D eigenvalue weighted by atomic mass is 9.97. The summed E-state index contributed by atoms with van der Waals surface area (Å²) in [6, 6.07) is 22.4. The van der Waals surface area contributed by atoms with Crippen molar-refractivity contribution < 1.29 is 27.5 Å². The summed E-state index contributed by atoms with van der Waals surface area (Å²) in [7, 11) is -0.928. The molecule has 0 saturated carbocycles. The number of carbonyl (C=O) groups is 2. The van der Waals surface area contributed by atoms with Crippen LogP contribution in [0.1, 0.15) is 22.2 Å². The molecule has 0 aliphatic rings. The molecule has 0 aliphatic carbocycles. The van der Waals surface area contributed by atoms with E-state index in [0.29, 0.717) is 38.5 Å². The molecule has 9 nitrogen and oxygen atoms in total. The Bertz CT molecular complexity index is 1900. The van der Waals surface area contributed by atoms with E-state index in [0.717, 1.165) is 23.8 Å². The van der Waals surface area contributed by atoms with Crippen LogP contribution in [0.25, 0.3) is 32.6 Å². The van der Waals surface area contributed by atoms with Crippen LogP contribution in [0.2, 0.25) is 0 Å². The summed E-state index contributed by atoms with van der Waals surface area (Å²) >= 11 is 1.15. The van der Waals surface area contributed by atoms with Gasteiger partial charge in [0.05, 0.1) is 30.5 Å². The fourth-order valence-corrected chi connectivity index (χ4v) is 6.60. The zero-order valence-electron chi connectivity index (χ0n) is 22.3. The van der Waals surface area contributed by atoms with Crippen LogP contribution < -0.4 is 19.9 Å². The lowest BCUT2D eigenvalue weighted by molar-refractivity contribution is -0.117. The number of amides is 1. The number of nitrogens with zero attached hydrogens (tertiary/aromatic N) is 1. The van der Waals surface area contributed by atoms with E-state index in [1.165, 1.54) is 24.3 Å². The number of aromatic nitrogens is 1. The van der Waals surface area contributed by atoms with Gasteiger partial charge in [-0.1, -0.05) is 42.5 Å². The van der Waals surface area contributed by atoms with Crippen LogP contribution in [-0.2, 0) is 14.8 Å². The van der Waals surface area contributed by atoms with E-state index in [4.69, 9.17) is 20.2 Å². The minimum atomic E-state index is -4.04. The number of nitrogens with one attached hydrogen (secondary N) is 1. The number of rotatable bonds is 8. The highest BCUT2D eigenvalue weighted by molar-refractivity contribution is 7.90. The molecule has 0 saturated heterocycles. The Labute approximate surface area is 240 Å². The molecule has 5 rings (SSSR count). The maximum atomic E-state index is 13.6. The standard InChI is InChI=1S/C30H25N3O6S2/c1-17(34)33-41(36,37)20-14-12-19(13-15-20)27(35)29-26(31)25-22(21-10-7-11-24(38-2)28(21)39-3)16-23(32-30(25)40-29)18-8-5-4-6-9-18/h4-16H,31H2,1-3H3,(H,33,34). The maximum Gasteiger partial charge on any atom is 0.264 e. The molecule has 41 heavy (non-hydrogen) atoms. The van der Waals surface area contributed by atoms with Gasteiger partial charge in [-0.3, -0.25) is 9.59 Å². The van der Waals surface area contributed by atoms with Gasteiger partial charge in [0.25, 0.3) is 10.0 Å². The van der Waals surface area contributed by atoms with Crippen molar-refractivity contribution in [1.82, 2.24) is 9.71 Å². The van der Waals surface area contributed by atoms with Crippen LogP contribution in [0.4, 0.5) is 5.69 Å². The molecular weight excluding hydrogens is 562 g/mol. The highest BCUT2D eigenvalue weighted by atomic mass is 32.2. The Morgan fingerprint density at radius 3 is 2.24 bits per heavy atom. The van der Waals surface area contributed by atoms with Crippen molar-refractivity contribution in [3.8, 4) is 33.9 Å². The highest BCUT2D eigenvalue weighted by Crippen LogP contribution is 2.46. The van der Waals surface area contributed by atoms with Crippen LogP contribution in [0, 0.1) is 0 Å². The minimum Gasteiger partial charge on any atom is -0.493 e. The fraction of sp³-hybridized carbons (Fsp3) is 0.100. The third kappa shape index (κ3) is 5.24. The number of carbonyl (C=O) groups excluding carboxylic acids is 2. The number of sulfonamides is 1. The monoisotopic (exact) mass is 587 g/mol. The number of ketones is 1. The van der Waals surface area contributed by atoms with Gasteiger partial charge in [-0.15, -0.1) is 11.3 Å². The van der Waals surface area contributed by atoms with E-state index in [1.807, 2.05) is 53.3 Å². The molecule has 0 bridgehead atoms. The highest BCUT2D eigenvalue weighted by Gasteiger charge is 2.25. The Kier molecular flexibility index (Phi) is 7.48. The molecule has 0 spiro atoms. The number of nitrogen functional groups attached to an aromatic ring is 1. The van der Waals surface area contributed by atoms with Crippen LogP contribution in [0.3, 0.4) is 0 Å². The number of thiophene rings is 1. The van der Waals surface area contributed by atoms with Gasteiger partial charge in [0, 0.05) is 34.6 Å². The van der Waals surface area contributed by atoms with E-state index >= 15 is 0 Å². The zero-order chi connectivity index (χ0) is 29.3. The third-order valence-electron chi connectivity index (χ3n) is 6.37. The molecule has 5 aromatic rings. The average Bonchev–Trinajstić information content (AvgIpc) is 3.31. The van der Waals surface area contributed by atoms with E-state index < -0.39 is 21.7 Å². The number of pyridine rings is 1. The van der Waals surface area contributed by atoms with E-state index in [9.17, 15) is 18.0 Å². The molecule has 0 fully saturated rings. The molecule has 0 atom stereocenters. The number of nitrogens with two attached hydrogens (primary N) is 1. The number of para-hydroxylation sites is 1. The van der Waals surface area contributed by atoms with Crippen LogP contribution in [-0.4, -0.2) is 39.3 Å². The number of benzene rings is 3. The second kappa shape index (κ2) is 11.0. The Hall–Kier alpha value is -4.74. The van der Waals surface area contributed by atoms with Gasteiger partial charge in [0.1, 0.15) is 9.71 Å². The molecular formula is C30H25N3O6S2. The van der Waals surface area contributed by atoms with Gasteiger partial charge >= 0.3 is 0 Å². The molecule has 3 aromatic carbocycles. The summed E-state index contributed by atoms with van der Waals surface area (Å²) in [6.45, 7) is 1.10. The summed E-state index contributed by atoms with van der Waals surface area (Å²) in [4.78, 5) is 30.4. The maximum absolute atomic E-state index is 13.6. The van der Waals surface area contributed by atoms with Crippen molar-refractivity contribution in [3.63, 3.8) is 0 Å². The Morgan fingerprint density at radius 1 is 0.902 bits per heavy atom. The third-order valence-corrected chi connectivity index (χ3v) is 8.92. The second-order valence-electron chi connectivity index (χ2n) is 9.00. The summed E-state index contributed by atoms with van der Waals surface area (Å²) in [5.74, 6) is -0.0561. The van der Waals surface area contributed by atoms with Gasteiger partial charge in [-0.05, 0) is 36.4 Å². The van der Waals surface area contributed by atoms with Crippen molar-refractivity contribution in [2.75, 3.05) is 20.0 Å². The lowest BCUT2D eigenvalue weighted by Gasteiger charge is -2.15. The topological polar surface area (TPSA) is 138 Å². The van der Waals surface area contributed by atoms with Crippen molar-refractivity contribution in [2.24, 2.45) is 0 Å². The van der Waals surface area contributed by atoms with Crippen molar-refractivity contribution in [3.05, 3.63) is 89.3 Å². The van der Waals surface area contributed by atoms with Crippen LogP contribution in [0.5, 0.6) is 11.5 Å². The number of hydrogen-bond donors (Lipinski definition) is 2. The second-order valence-corrected chi connectivity index (χ2v) is 11.7. The number of anilines is 1. The predicted octanol–water partition coefficient (Wildman–Crippen LogP) is 5.29. The van der Waals surface area contributed by atoms with E-state index in [1.54, 1.807) is 20.3 Å². The zero-order valence-corrected chi connectivity index (χ0v) is 23.9. The number of fused-ring (bicyclic) bond motifs is 1. The fourth-order valence-electron chi connectivity index (χ4n) is 4.52. The first kappa shape index (κ1) is 27.8. The molecule has 0 aliphatic heterocycles. The number of methoxy groups -OCH3 is 2. The van der Waals surface area contributed by atoms with Gasteiger partial charge in [0.2, 0.25) is 11.7 Å². The summed E-state index contributed by atoms with van der Waals surface area (Å²) < 4.78 is 37.8. The number of ether oxygens (including phenoxy) is 2. The molecule has 208 valence electrons. The van der Waals surface area contributed by atoms with Crippen LogP contribution >= 0.6 is 11.3 Å². The predicted molar refractivity (Wildman–Crippen MR) is 159 cm³/mol. The first-order valence-corrected chi connectivity index (χ1v) is 14.6. The van der Waals surface area contributed by atoms with Crippen molar-refractivity contribution >= 4 is 49.0 Å². The molecule has 0 radical (unpaired) electrons. The number of hydrogen-bond acceptors (Lipinski definition) is 9. The first-order chi connectivity index (χ1) is 19.6. The normalized spacial score (nSPS) is 11.3. The summed E-state index contributed by atoms with van der Waals surface area (Å²) in [6.07, 6.45) is 0. The van der Waals surface area contributed by atoms with Crippen molar-refractivity contribution in [2.45, 2.75) is 11.8 Å². The molecule has 2 heterocycles. The van der Waals surface area contributed by atoms with E-state index in [2.05, 4.69) is 0 Å². The van der Waals surface area contributed by atoms with Gasteiger partial charge < -0.3 is 15.2 Å². The molecule has 3 N–H and O–H groups in total.